The van der Waals surface area contributed by atoms with E-state index in [0.717, 1.165) is 0 Å². The highest BCUT2D eigenvalue weighted by atomic mass is 32.2. The van der Waals surface area contributed by atoms with Gasteiger partial charge in [0.15, 0.2) is 0 Å². The van der Waals surface area contributed by atoms with E-state index in [0.29, 0.717) is 12.2 Å². The van der Waals surface area contributed by atoms with Crippen molar-refractivity contribution in [2.45, 2.75) is 11.3 Å². The third kappa shape index (κ3) is 3.30. The number of carbonyl (C=O) groups is 2. The summed E-state index contributed by atoms with van der Waals surface area (Å²) in [4.78, 5) is 22.8. The minimum atomic E-state index is -3.74. The van der Waals surface area contributed by atoms with Crippen LogP contribution in [0.1, 0.15) is 6.42 Å². The summed E-state index contributed by atoms with van der Waals surface area (Å²) in [5, 5.41) is 10.1. The van der Waals surface area contributed by atoms with Gasteiger partial charge in [0.1, 0.15) is 0 Å². The molecule has 0 saturated carbocycles. The number of anilines is 1. The van der Waals surface area contributed by atoms with Crippen LogP contribution in [0.4, 0.5) is 5.69 Å². The van der Waals surface area contributed by atoms with Crippen molar-refractivity contribution < 1.29 is 18.0 Å². The average molecular weight is 283 g/mol. The lowest BCUT2D eigenvalue weighted by molar-refractivity contribution is -0.123. The molecular weight excluding hydrogens is 270 g/mol. The Balaban J connectivity index is 2.04. The second kappa shape index (κ2) is 4.98. The lowest BCUT2D eigenvalue weighted by Crippen LogP contribution is -2.24. The summed E-state index contributed by atoms with van der Waals surface area (Å²) in [5.74, 6) is -0.822. The molecule has 2 rings (SSSR count). The first-order chi connectivity index (χ1) is 8.86. The molecule has 1 atom stereocenters. The van der Waals surface area contributed by atoms with Crippen LogP contribution >= 0.6 is 0 Å². The molecular formula is C11H13N3O4S. The highest BCUT2D eigenvalue weighted by Gasteiger charge is 2.27. The SMILES string of the molecule is NS(=O)(=O)c1ccc(NC(=O)C2CNC(=O)C2)cc1. The summed E-state index contributed by atoms with van der Waals surface area (Å²) >= 11 is 0. The van der Waals surface area contributed by atoms with E-state index in [1.165, 1.54) is 24.3 Å². The molecule has 19 heavy (non-hydrogen) atoms. The number of sulfonamides is 1. The van der Waals surface area contributed by atoms with Gasteiger partial charge in [-0.1, -0.05) is 0 Å². The summed E-state index contributed by atoms with van der Waals surface area (Å²) in [6.45, 7) is 0.319. The molecule has 1 fully saturated rings. The van der Waals surface area contributed by atoms with E-state index < -0.39 is 15.9 Å². The minimum Gasteiger partial charge on any atom is -0.355 e. The van der Waals surface area contributed by atoms with Crippen LogP contribution in [0.3, 0.4) is 0 Å². The quantitative estimate of drug-likeness (QED) is 0.687. The van der Waals surface area contributed by atoms with Crippen molar-refractivity contribution in [3.8, 4) is 0 Å². The topological polar surface area (TPSA) is 118 Å². The number of benzene rings is 1. The molecule has 0 aliphatic carbocycles. The van der Waals surface area contributed by atoms with Gasteiger partial charge in [-0.25, -0.2) is 13.6 Å². The van der Waals surface area contributed by atoms with E-state index >= 15 is 0 Å². The number of rotatable bonds is 3. The Morgan fingerprint density at radius 2 is 1.95 bits per heavy atom. The zero-order valence-corrected chi connectivity index (χ0v) is 10.7. The van der Waals surface area contributed by atoms with Crippen molar-refractivity contribution in [3.63, 3.8) is 0 Å². The zero-order chi connectivity index (χ0) is 14.0. The van der Waals surface area contributed by atoms with Crippen molar-refractivity contribution in [1.82, 2.24) is 5.32 Å². The molecule has 0 bridgehead atoms. The van der Waals surface area contributed by atoms with Crippen molar-refractivity contribution >= 4 is 27.5 Å². The third-order valence-corrected chi connectivity index (χ3v) is 3.73. The Kier molecular flexibility index (Phi) is 3.54. The molecule has 0 aromatic heterocycles. The van der Waals surface area contributed by atoms with E-state index in [1.807, 2.05) is 0 Å². The number of nitrogens with one attached hydrogen (secondary N) is 2. The largest absolute Gasteiger partial charge is 0.355 e. The lowest BCUT2D eigenvalue weighted by Gasteiger charge is -2.09. The van der Waals surface area contributed by atoms with Crippen LogP contribution in [-0.4, -0.2) is 26.8 Å². The van der Waals surface area contributed by atoms with Gasteiger partial charge in [-0.3, -0.25) is 9.59 Å². The first-order valence-electron chi connectivity index (χ1n) is 5.57. The van der Waals surface area contributed by atoms with Crippen LogP contribution in [0.25, 0.3) is 0 Å². The maximum Gasteiger partial charge on any atom is 0.238 e. The highest BCUT2D eigenvalue weighted by Crippen LogP contribution is 2.16. The Morgan fingerprint density at radius 1 is 1.32 bits per heavy atom. The van der Waals surface area contributed by atoms with E-state index in [2.05, 4.69) is 10.6 Å². The van der Waals surface area contributed by atoms with E-state index in [4.69, 9.17) is 5.14 Å². The first-order valence-corrected chi connectivity index (χ1v) is 7.11. The molecule has 1 aliphatic rings. The maximum atomic E-state index is 11.8. The van der Waals surface area contributed by atoms with E-state index in [9.17, 15) is 18.0 Å². The number of primary sulfonamides is 1. The molecule has 2 amide bonds. The molecule has 1 aromatic carbocycles. The van der Waals surface area contributed by atoms with Crippen molar-refractivity contribution in [1.29, 1.82) is 0 Å². The van der Waals surface area contributed by atoms with Crippen LogP contribution in [0.15, 0.2) is 29.2 Å². The predicted octanol–water partition coefficient (Wildman–Crippen LogP) is -0.591. The molecule has 7 nitrogen and oxygen atoms in total. The summed E-state index contributed by atoms with van der Waals surface area (Å²) in [7, 11) is -3.74. The van der Waals surface area contributed by atoms with Gasteiger partial charge in [-0.2, -0.15) is 0 Å². The van der Waals surface area contributed by atoms with Crippen molar-refractivity contribution in [2.24, 2.45) is 11.1 Å². The second-order valence-electron chi connectivity index (χ2n) is 4.26. The monoisotopic (exact) mass is 283 g/mol. The Labute approximate surface area is 110 Å². The maximum absolute atomic E-state index is 11.8. The normalized spacial score (nSPS) is 19.0. The fourth-order valence-electron chi connectivity index (χ4n) is 1.76. The summed E-state index contributed by atoms with van der Waals surface area (Å²) in [5.41, 5.74) is 0.455. The van der Waals surface area contributed by atoms with Gasteiger partial charge in [0.05, 0.1) is 10.8 Å². The lowest BCUT2D eigenvalue weighted by atomic mass is 10.1. The molecule has 102 valence electrons. The summed E-state index contributed by atoms with van der Waals surface area (Å²) in [6, 6.07) is 5.51. The predicted molar refractivity (Wildman–Crippen MR) is 67.6 cm³/mol. The molecule has 4 N–H and O–H groups in total. The van der Waals surface area contributed by atoms with Gasteiger partial charge >= 0.3 is 0 Å². The Bertz CT molecular complexity index is 609. The van der Waals surface area contributed by atoms with E-state index in [1.54, 1.807) is 0 Å². The fourth-order valence-corrected chi connectivity index (χ4v) is 2.28. The number of carbonyl (C=O) groups excluding carboxylic acids is 2. The smallest absolute Gasteiger partial charge is 0.238 e. The first kappa shape index (κ1) is 13.5. The van der Waals surface area contributed by atoms with Crippen LogP contribution in [0.5, 0.6) is 0 Å². The molecule has 1 saturated heterocycles. The Morgan fingerprint density at radius 3 is 2.42 bits per heavy atom. The molecule has 8 heteroatoms. The number of hydrogen-bond acceptors (Lipinski definition) is 4. The average Bonchev–Trinajstić information content (AvgIpc) is 2.75. The third-order valence-electron chi connectivity index (χ3n) is 2.80. The summed E-state index contributed by atoms with van der Waals surface area (Å²) < 4.78 is 22.1. The summed E-state index contributed by atoms with van der Waals surface area (Å²) in [6.07, 6.45) is 0.168. The van der Waals surface area contributed by atoms with Gasteiger partial charge in [0.2, 0.25) is 21.8 Å². The van der Waals surface area contributed by atoms with Crippen molar-refractivity contribution in [2.75, 3.05) is 11.9 Å². The minimum absolute atomic E-state index is 0.0248. The van der Waals surface area contributed by atoms with Gasteiger partial charge < -0.3 is 10.6 Å². The zero-order valence-electron chi connectivity index (χ0n) is 9.92. The number of hydrogen-bond donors (Lipinski definition) is 3. The van der Waals surface area contributed by atoms with Crippen LogP contribution < -0.4 is 15.8 Å². The van der Waals surface area contributed by atoms with Gasteiger partial charge in [-0.05, 0) is 24.3 Å². The van der Waals surface area contributed by atoms with Gasteiger partial charge in [0.25, 0.3) is 0 Å². The van der Waals surface area contributed by atoms with E-state index in [-0.39, 0.29) is 23.1 Å². The van der Waals surface area contributed by atoms with Gasteiger partial charge in [0, 0.05) is 18.7 Å². The number of amides is 2. The molecule has 0 spiro atoms. The van der Waals surface area contributed by atoms with Gasteiger partial charge in [-0.15, -0.1) is 0 Å². The van der Waals surface area contributed by atoms with Crippen LogP contribution in [0.2, 0.25) is 0 Å². The van der Waals surface area contributed by atoms with Crippen LogP contribution in [0, 0.1) is 5.92 Å². The standard InChI is InChI=1S/C11H13N3O4S/c12-19(17,18)9-3-1-8(2-4-9)14-11(16)7-5-10(15)13-6-7/h1-4,7H,5-6H2,(H,13,15)(H,14,16)(H2,12,17,18). The second-order valence-corrected chi connectivity index (χ2v) is 5.83. The highest BCUT2D eigenvalue weighted by molar-refractivity contribution is 7.89. The molecule has 1 aromatic rings. The molecule has 1 heterocycles. The number of nitrogens with two attached hydrogens (primary N) is 1. The van der Waals surface area contributed by atoms with Crippen molar-refractivity contribution in [3.05, 3.63) is 24.3 Å². The molecule has 0 radical (unpaired) electrons. The molecule has 1 aliphatic heterocycles. The molecule has 1 unspecified atom stereocenters. The van der Waals surface area contributed by atoms with Crippen LogP contribution in [-0.2, 0) is 19.6 Å². The Hall–Kier alpha value is -1.93. The fraction of sp³-hybridized carbons (Fsp3) is 0.273.